The molecule has 0 spiro atoms. The zero-order valence-corrected chi connectivity index (χ0v) is 14.0. The third kappa shape index (κ3) is 1.84. The van der Waals surface area contributed by atoms with E-state index in [-0.39, 0.29) is 41.8 Å². The molecule has 0 radical (unpaired) electrons. The number of alkyl halides is 2. The predicted molar refractivity (Wildman–Crippen MR) is 82.5 cm³/mol. The number of carbonyl (C=O) groups excluding carboxylic acids is 3. The summed E-state index contributed by atoms with van der Waals surface area (Å²) >= 11 is 0. The molecule has 0 saturated heterocycles. The van der Waals surface area contributed by atoms with Gasteiger partial charge in [-0.05, 0) is 56.3 Å². The van der Waals surface area contributed by atoms with Crippen molar-refractivity contribution < 1.29 is 23.2 Å². The van der Waals surface area contributed by atoms with Crippen LogP contribution in [0.4, 0.5) is 8.78 Å². The van der Waals surface area contributed by atoms with Crippen LogP contribution in [0.3, 0.4) is 0 Å². The SMILES string of the molecule is C[C@]12CCC3C(CCC4C(=O)C(=O)CC[C@@]43C(F)F)C1CCC2=O. The van der Waals surface area contributed by atoms with Gasteiger partial charge in [-0.25, -0.2) is 8.78 Å². The maximum Gasteiger partial charge on any atom is 0.245 e. The summed E-state index contributed by atoms with van der Waals surface area (Å²) in [5.74, 6) is -1.50. The molecule has 0 amide bonds. The van der Waals surface area contributed by atoms with Crippen LogP contribution in [0.25, 0.3) is 0 Å². The molecule has 5 heteroatoms. The van der Waals surface area contributed by atoms with E-state index in [2.05, 4.69) is 0 Å². The van der Waals surface area contributed by atoms with E-state index >= 15 is 0 Å². The fourth-order valence-corrected chi connectivity index (χ4v) is 6.82. The zero-order valence-electron chi connectivity index (χ0n) is 14.0. The van der Waals surface area contributed by atoms with Crippen LogP contribution < -0.4 is 0 Å². The van der Waals surface area contributed by atoms with E-state index in [0.29, 0.717) is 32.1 Å². The largest absolute Gasteiger partial charge is 0.299 e. The summed E-state index contributed by atoms with van der Waals surface area (Å²) in [4.78, 5) is 36.5. The van der Waals surface area contributed by atoms with Crippen molar-refractivity contribution in [1.82, 2.24) is 0 Å². The molecule has 0 aromatic heterocycles. The van der Waals surface area contributed by atoms with Gasteiger partial charge >= 0.3 is 0 Å². The van der Waals surface area contributed by atoms with Crippen molar-refractivity contribution in [3.8, 4) is 0 Å². The number of ketones is 3. The Hall–Kier alpha value is -1.13. The minimum absolute atomic E-state index is 0.0379. The van der Waals surface area contributed by atoms with Crippen molar-refractivity contribution in [3.05, 3.63) is 0 Å². The lowest BCUT2D eigenvalue weighted by molar-refractivity contribution is -0.187. The quantitative estimate of drug-likeness (QED) is 0.687. The summed E-state index contributed by atoms with van der Waals surface area (Å²) in [6.45, 7) is 2.01. The molecule has 6 atom stereocenters. The highest BCUT2D eigenvalue weighted by Crippen LogP contribution is 2.66. The van der Waals surface area contributed by atoms with Crippen LogP contribution in [-0.2, 0) is 14.4 Å². The lowest BCUT2D eigenvalue weighted by Crippen LogP contribution is -2.60. The van der Waals surface area contributed by atoms with Crippen molar-refractivity contribution in [2.75, 3.05) is 0 Å². The highest BCUT2D eigenvalue weighted by Gasteiger charge is 2.66. The van der Waals surface area contributed by atoms with Gasteiger partial charge in [0.05, 0.1) is 0 Å². The van der Waals surface area contributed by atoms with Crippen LogP contribution in [0.1, 0.15) is 58.3 Å². The lowest BCUT2D eigenvalue weighted by Gasteiger charge is -2.59. The summed E-state index contributed by atoms with van der Waals surface area (Å²) in [5.41, 5.74) is -1.69. The van der Waals surface area contributed by atoms with Crippen molar-refractivity contribution in [1.29, 1.82) is 0 Å². The second kappa shape index (κ2) is 5.18. The zero-order chi connectivity index (χ0) is 17.3. The fourth-order valence-electron chi connectivity index (χ4n) is 6.82. The summed E-state index contributed by atoms with van der Waals surface area (Å²) < 4.78 is 28.6. The normalized spacial score (nSPS) is 48.2. The topological polar surface area (TPSA) is 51.2 Å². The molecule has 3 nitrogen and oxygen atoms in total. The molecule has 0 aromatic carbocycles. The summed E-state index contributed by atoms with van der Waals surface area (Å²) in [6, 6.07) is 0. The van der Waals surface area contributed by atoms with Crippen LogP contribution in [0.5, 0.6) is 0 Å². The first-order chi connectivity index (χ1) is 11.3. The number of Topliss-reactive ketones (excluding diaryl/α,β-unsaturated/α-hetero) is 3. The third-order valence-corrected chi connectivity index (χ3v) is 8.06. The molecule has 0 bridgehead atoms. The molecule has 4 aliphatic carbocycles. The van der Waals surface area contributed by atoms with E-state index in [1.807, 2.05) is 6.92 Å². The molecule has 0 heterocycles. The van der Waals surface area contributed by atoms with Crippen molar-refractivity contribution in [3.63, 3.8) is 0 Å². The predicted octanol–water partition coefficient (Wildman–Crippen LogP) is 3.59. The molecular formula is C19H24F2O3. The van der Waals surface area contributed by atoms with Gasteiger partial charge in [0.1, 0.15) is 5.78 Å². The monoisotopic (exact) mass is 338 g/mol. The van der Waals surface area contributed by atoms with E-state index in [4.69, 9.17) is 0 Å². The minimum Gasteiger partial charge on any atom is -0.299 e. The Bertz CT molecular complexity index is 616. The molecule has 4 aliphatic rings. The Kier molecular flexibility index (Phi) is 3.53. The number of fused-ring (bicyclic) bond motifs is 5. The molecule has 0 aliphatic heterocycles. The molecule has 4 saturated carbocycles. The Labute approximate surface area is 140 Å². The van der Waals surface area contributed by atoms with E-state index in [0.717, 1.165) is 6.42 Å². The van der Waals surface area contributed by atoms with Crippen molar-refractivity contribution in [2.45, 2.75) is 64.7 Å². The number of carbonyl (C=O) groups is 3. The number of rotatable bonds is 1. The standard InChI is InChI=1S/C19H24F2O3/c1-18-8-6-12-10(11(18)4-5-15(18)23)2-3-13-16(24)14(22)7-9-19(12,13)17(20)21/h10-13,17H,2-9H2,1H3/t10?,11?,12?,13?,18-,19-/m0/s1. The first kappa shape index (κ1) is 16.3. The van der Waals surface area contributed by atoms with Crippen LogP contribution in [-0.4, -0.2) is 23.8 Å². The number of halogens is 2. The van der Waals surface area contributed by atoms with Gasteiger partial charge in [0, 0.05) is 29.6 Å². The van der Waals surface area contributed by atoms with Crippen LogP contribution in [0, 0.1) is 34.5 Å². The van der Waals surface area contributed by atoms with E-state index in [1.54, 1.807) is 0 Å². The Balaban J connectivity index is 1.74. The molecule has 132 valence electrons. The molecule has 0 N–H and O–H groups in total. The van der Waals surface area contributed by atoms with Crippen LogP contribution >= 0.6 is 0 Å². The third-order valence-electron chi connectivity index (χ3n) is 8.06. The first-order valence-corrected chi connectivity index (χ1v) is 9.21. The Morgan fingerprint density at radius 2 is 1.71 bits per heavy atom. The van der Waals surface area contributed by atoms with Gasteiger partial charge in [0.15, 0.2) is 5.78 Å². The van der Waals surface area contributed by atoms with E-state index in [1.165, 1.54) is 0 Å². The highest BCUT2D eigenvalue weighted by atomic mass is 19.3. The number of hydrogen-bond acceptors (Lipinski definition) is 3. The fraction of sp³-hybridized carbons (Fsp3) is 0.842. The maximum absolute atomic E-state index is 14.3. The Morgan fingerprint density at radius 1 is 0.958 bits per heavy atom. The van der Waals surface area contributed by atoms with Crippen LogP contribution in [0.15, 0.2) is 0 Å². The summed E-state index contributed by atoms with van der Waals surface area (Å²) in [7, 11) is 0. The molecule has 4 rings (SSSR count). The molecule has 4 fully saturated rings. The van der Waals surface area contributed by atoms with Gasteiger partial charge in [-0.2, -0.15) is 0 Å². The van der Waals surface area contributed by atoms with Crippen molar-refractivity contribution >= 4 is 17.3 Å². The van der Waals surface area contributed by atoms with Gasteiger partial charge in [-0.1, -0.05) is 6.92 Å². The average molecular weight is 338 g/mol. The minimum atomic E-state index is -2.58. The molecule has 24 heavy (non-hydrogen) atoms. The van der Waals surface area contributed by atoms with Gasteiger partial charge in [-0.3, -0.25) is 14.4 Å². The van der Waals surface area contributed by atoms with Gasteiger partial charge in [0.25, 0.3) is 0 Å². The average Bonchev–Trinajstić information content (AvgIpc) is 2.86. The maximum atomic E-state index is 14.3. The van der Waals surface area contributed by atoms with E-state index < -0.39 is 29.3 Å². The van der Waals surface area contributed by atoms with Gasteiger partial charge < -0.3 is 0 Å². The smallest absolute Gasteiger partial charge is 0.245 e. The molecular weight excluding hydrogens is 314 g/mol. The van der Waals surface area contributed by atoms with E-state index in [9.17, 15) is 23.2 Å². The van der Waals surface area contributed by atoms with Crippen LogP contribution in [0.2, 0.25) is 0 Å². The highest BCUT2D eigenvalue weighted by molar-refractivity contribution is 6.38. The first-order valence-electron chi connectivity index (χ1n) is 9.21. The lowest BCUT2D eigenvalue weighted by atomic mass is 9.44. The summed E-state index contributed by atoms with van der Waals surface area (Å²) in [6.07, 6.45) is 1.22. The second-order valence-corrected chi connectivity index (χ2v) is 8.63. The Morgan fingerprint density at radius 3 is 2.42 bits per heavy atom. The molecule has 4 unspecified atom stereocenters. The number of hydrogen-bond donors (Lipinski definition) is 0. The summed E-state index contributed by atoms with van der Waals surface area (Å²) in [5, 5.41) is 0. The van der Waals surface area contributed by atoms with Crippen molar-refractivity contribution in [2.24, 2.45) is 34.5 Å². The van der Waals surface area contributed by atoms with Gasteiger partial charge in [-0.15, -0.1) is 0 Å². The second-order valence-electron chi connectivity index (χ2n) is 8.63. The van der Waals surface area contributed by atoms with Gasteiger partial charge in [0.2, 0.25) is 12.2 Å². The molecule has 0 aromatic rings.